The molecule has 0 unspecified atom stereocenters. The molecular formula is C19H12Cl2F3N5O3. The molecule has 0 bridgehead atoms. The summed E-state index contributed by atoms with van der Waals surface area (Å²) in [6.07, 6.45) is -4.40. The van der Waals surface area contributed by atoms with E-state index in [1.807, 2.05) is 0 Å². The highest BCUT2D eigenvalue weighted by Gasteiger charge is 2.39. The highest BCUT2D eigenvalue weighted by Crippen LogP contribution is 2.38. The van der Waals surface area contributed by atoms with E-state index in [9.17, 15) is 22.8 Å². The lowest BCUT2D eigenvalue weighted by atomic mass is 10.2. The van der Waals surface area contributed by atoms with Crippen LogP contribution in [0.25, 0.3) is 0 Å². The number of nitrogens with one attached hydrogen (secondary N) is 1. The van der Waals surface area contributed by atoms with E-state index in [2.05, 4.69) is 15.0 Å². The van der Waals surface area contributed by atoms with Crippen molar-refractivity contribution in [2.24, 2.45) is 0 Å². The maximum absolute atomic E-state index is 13.5. The number of hydrogen-bond acceptors (Lipinski definition) is 6. The number of ether oxygens (including phenoxy) is 1. The Bertz CT molecular complexity index is 1380. The second kappa shape index (κ2) is 8.64. The number of halogens is 5. The summed E-state index contributed by atoms with van der Waals surface area (Å²) in [6.45, 7) is 2.66. The zero-order valence-electron chi connectivity index (χ0n) is 16.3. The zero-order valence-corrected chi connectivity index (χ0v) is 17.9. The molecule has 0 fully saturated rings. The van der Waals surface area contributed by atoms with Crippen LogP contribution >= 0.6 is 23.2 Å². The van der Waals surface area contributed by atoms with Gasteiger partial charge in [-0.15, -0.1) is 0 Å². The van der Waals surface area contributed by atoms with Crippen LogP contribution in [0.2, 0.25) is 10.0 Å². The first kappa shape index (κ1) is 23.3. The number of aromatic amines is 1. The van der Waals surface area contributed by atoms with E-state index >= 15 is 0 Å². The van der Waals surface area contributed by atoms with Gasteiger partial charge in [0.15, 0.2) is 5.69 Å². The highest BCUT2D eigenvalue weighted by molar-refractivity contribution is 6.35. The third-order valence-electron chi connectivity index (χ3n) is 4.27. The van der Waals surface area contributed by atoms with Crippen molar-refractivity contribution >= 4 is 23.2 Å². The van der Waals surface area contributed by atoms with E-state index in [1.54, 1.807) is 13.0 Å². The third-order valence-corrected chi connectivity index (χ3v) is 4.88. The first-order valence-electron chi connectivity index (χ1n) is 8.72. The minimum Gasteiger partial charge on any atom is -0.448 e. The minimum absolute atomic E-state index is 0.0494. The average Bonchev–Trinajstić information content (AvgIpc) is 2.68. The Labute approximate surface area is 187 Å². The Kier molecular flexibility index (Phi) is 6.29. The quantitative estimate of drug-likeness (QED) is 0.597. The summed E-state index contributed by atoms with van der Waals surface area (Å²) in [7, 11) is 0. The molecule has 2 heterocycles. The van der Waals surface area contributed by atoms with Gasteiger partial charge in [0, 0.05) is 16.8 Å². The van der Waals surface area contributed by atoms with Gasteiger partial charge >= 0.3 is 6.18 Å². The van der Waals surface area contributed by atoms with Crippen LogP contribution in [0.15, 0.2) is 28.0 Å². The second-order valence-electron chi connectivity index (χ2n) is 6.55. The fourth-order valence-electron chi connectivity index (χ4n) is 2.81. The van der Waals surface area contributed by atoms with Gasteiger partial charge in [0.05, 0.1) is 24.0 Å². The van der Waals surface area contributed by atoms with E-state index in [0.717, 1.165) is 10.6 Å². The van der Waals surface area contributed by atoms with Crippen LogP contribution in [0, 0.1) is 25.2 Å². The van der Waals surface area contributed by atoms with Gasteiger partial charge in [-0.05, 0) is 19.9 Å². The zero-order chi connectivity index (χ0) is 23.8. The van der Waals surface area contributed by atoms with Crippen LogP contribution in [0.3, 0.4) is 0 Å². The van der Waals surface area contributed by atoms with Crippen LogP contribution < -0.4 is 15.9 Å². The van der Waals surface area contributed by atoms with E-state index in [1.165, 1.54) is 13.0 Å². The molecule has 0 atom stereocenters. The number of benzene rings is 1. The SMILES string of the molecule is Cc1nc(C)c(Cn2cnc(C(F)(F)F)c(Oc3cc(Cl)cc(C#N)c3Cl)c2=O)c(=O)[nH]1. The molecule has 0 amide bonds. The van der Waals surface area contributed by atoms with Crippen molar-refractivity contribution < 1.29 is 17.9 Å². The summed E-state index contributed by atoms with van der Waals surface area (Å²) in [6, 6.07) is 3.96. The number of aromatic nitrogens is 4. The van der Waals surface area contributed by atoms with Crippen molar-refractivity contribution in [3.63, 3.8) is 0 Å². The Hall–Kier alpha value is -3.36. The van der Waals surface area contributed by atoms with Crippen molar-refractivity contribution in [1.29, 1.82) is 5.26 Å². The minimum atomic E-state index is -5.05. The van der Waals surface area contributed by atoms with E-state index in [-0.39, 0.29) is 26.9 Å². The van der Waals surface area contributed by atoms with Gasteiger partial charge in [0.2, 0.25) is 5.75 Å². The van der Waals surface area contributed by atoms with Crippen molar-refractivity contribution in [3.05, 3.63) is 77.6 Å². The molecule has 1 N–H and O–H groups in total. The number of alkyl halides is 3. The van der Waals surface area contributed by atoms with E-state index < -0.39 is 41.0 Å². The molecule has 8 nitrogen and oxygen atoms in total. The number of hydrogen-bond donors (Lipinski definition) is 1. The Morgan fingerprint density at radius 1 is 1.25 bits per heavy atom. The Morgan fingerprint density at radius 2 is 1.94 bits per heavy atom. The monoisotopic (exact) mass is 485 g/mol. The molecular weight excluding hydrogens is 474 g/mol. The average molecular weight is 486 g/mol. The summed E-state index contributed by atoms with van der Waals surface area (Å²) in [4.78, 5) is 35.0. The molecule has 0 aliphatic carbocycles. The number of nitriles is 1. The molecule has 0 spiro atoms. The van der Waals surface area contributed by atoms with E-state index in [0.29, 0.717) is 12.2 Å². The van der Waals surface area contributed by atoms with Gasteiger partial charge in [-0.2, -0.15) is 18.4 Å². The number of nitrogens with zero attached hydrogens (tertiary/aromatic N) is 4. The third kappa shape index (κ3) is 4.61. The number of rotatable bonds is 4. The van der Waals surface area contributed by atoms with Gasteiger partial charge in [0.25, 0.3) is 11.1 Å². The maximum Gasteiger partial charge on any atom is 0.437 e. The van der Waals surface area contributed by atoms with Crippen LogP contribution in [0.1, 0.15) is 28.3 Å². The number of H-pyrrole nitrogens is 1. The molecule has 0 aliphatic heterocycles. The first-order valence-corrected chi connectivity index (χ1v) is 9.48. The predicted molar refractivity (Wildman–Crippen MR) is 108 cm³/mol. The van der Waals surface area contributed by atoms with Gasteiger partial charge in [-0.25, -0.2) is 9.97 Å². The lowest BCUT2D eigenvalue weighted by Crippen LogP contribution is -2.29. The molecule has 0 aliphatic rings. The maximum atomic E-state index is 13.5. The summed E-state index contributed by atoms with van der Waals surface area (Å²) < 4.78 is 46.5. The smallest absolute Gasteiger partial charge is 0.437 e. The summed E-state index contributed by atoms with van der Waals surface area (Å²) in [5, 5.41) is 8.72. The van der Waals surface area contributed by atoms with Gasteiger partial charge in [-0.1, -0.05) is 23.2 Å². The second-order valence-corrected chi connectivity index (χ2v) is 7.36. The lowest BCUT2D eigenvalue weighted by molar-refractivity contribution is -0.142. The molecule has 0 saturated heterocycles. The van der Waals surface area contributed by atoms with Crippen LogP contribution in [-0.4, -0.2) is 19.5 Å². The van der Waals surface area contributed by atoms with Crippen molar-refractivity contribution in [2.45, 2.75) is 26.6 Å². The van der Waals surface area contributed by atoms with E-state index in [4.69, 9.17) is 33.2 Å². The largest absolute Gasteiger partial charge is 0.448 e. The van der Waals surface area contributed by atoms with Crippen LogP contribution in [0.5, 0.6) is 11.5 Å². The fourth-order valence-corrected chi connectivity index (χ4v) is 3.21. The summed E-state index contributed by atoms with van der Waals surface area (Å²) in [5.41, 5.74) is -3.22. The molecule has 166 valence electrons. The molecule has 3 aromatic rings. The van der Waals surface area contributed by atoms with Gasteiger partial charge in [-0.3, -0.25) is 14.2 Å². The lowest BCUT2D eigenvalue weighted by Gasteiger charge is -2.16. The predicted octanol–water partition coefficient (Wildman–Crippen LogP) is 3.98. The molecule has 32 heavy (non-hydrogen) atoms. The fraction of sp³-hybridized carbons (Fsp3) is 0.211. The van der Waals surface area contributed by atoms with Gasteiger partial charge in [0.1, 0.15) is 22.7 Å². The van der Waals surface area contributed by atoms with Gasteiger partial charge < -0.3 is 9.72 Å². The highest BCUT2D eigenvalue weighted by atomic mass is 35.5. The first-order chi connectivity index (χ1) is 14.9. The van der Waals surface area contributed by atoms with Crippen LogP contribution in [0.4, 0.5) is 13.2 Å². The molecule has 3 rings (SSSR count). The topological polar surface area (TPSA) is 114 Å². The molecule has 13 heteroatoms. The standard InChI is InChI=1S/C19H12Cl2F3N5O3/c1-8-12(17(30)28-9(2)27-8)6-29-7-26-16(19(22,23)24)15(18(29)31)32-13-4-11(20)3-10(5-25)14(13)21/h3-4,7H,6H2,1-2H3,(H,27,28,30). The summed E-state index contributed by atoms with van der Waals surface area (Å²) >= 11 is 11.9. The molecule has 1 aromatic carbocycles. The molecule has 0 radical (unpaired) electrons. The van der Waals surface area contributed by atoms with Crippen molar-refractivity contribution in [1.82, 2.24) is 19.5 Å². The van der Waals surface area contributed by atoms with Crippen molar-refractivity contribution in [2.75, 3.05) is 0 Å². The molecule has 0 saturated carbocycles. The van der Waals surface area contributed by atoms with Crippen molar-refractivity contribution in [3.8, 4) is 17.6 Å². The Morgan fingerprint density at radius 3 is 2.53 bits per heavy atom. The number of aryl methyl sites for hydroxylation is 2. The Balaban J connectivity index is 2.18. The normalized spacial score (nSPS) is 11.3. The summed E-state index contributed by atoms with van der Waals surface area (Å²) in [5.74, 6) is -1.30. The van der Waals surface area contributed by atoms with Crippen LogP contribution in [-0.2, 0) is 12.7 Å². The molecule has 2 aromatic heterocycles.